The molecule has 2 aromatic carbocycles. The number of hydrogen-bond acceptors (Lipinski definition) is 1. The number of rotatable bonds is 0. The van der Waals surface area contributed by atoms with Gasteiger partial charge in [-0.15, -0.1) is 0 Å². The summed E-state index contributed by atoms with van der Waals surface area (Å²) in [6, 6.07) is 13.3. The molecule has 0 saturated carbocycles. The molecule has 0 fully saturated rings. The van der Waals surface area contributed by atoms with Crippen molar-refractivity contribution >= 4 is 10.8 Å². The maximum Gasteiger partial charge on any atom is 0.123 e. The van der Waals surface area contributed by atoms with E-state index in [1.54, 1.807) is 0 Å². The number of hydrogen-bond donors (Lipinski definition) is 0. The van der Waals surface area contributed by atoms with E-state index in [9.17, 15) is 0 Å². The van der Waals surface area contributed by atoms with Crippen molar-refractivity contribution in [1.29, 1.82) is 0 Å². The maximum atomic E-state index is 5.50. The molecule has 0 spiro atoms. The standard InChI is InChI=1S/C12H9O/c1-2-4-10-9(3-1)5-6-12-11(10)7-8-13-12/h2-6H,7-8H2. The Bertz CT molecular complexity index is 460. The van der Waals surface area contributed by atoms with Gasteiger partial charge in [-0.3, -0.25) is 0 Å². The van der Waals surface area contributed by atoms with E-state index < -0.39 is 0 Å². The first-order valence-electron chi connectivity index (χ1n) is 4.50. The fourth-order valence-corrected chi connectivity index (χ4v) is 1.91. The molecule has 1 heteroatoms. The fourth-order valence-electron chi connectivity index (χ4n) is 1.91. The molecule has 0 N–H and O–H groups in total. The summed E-state index contributed by atoms with van der Waals surface area (Å²) in [5.41, 5.74) is 1.35. The van der Waals surface area contributed by atoms with E-state index >= 15 is 0 Å². The average molecular weight is 169 g/mol. The second kappa shape index (κ2) is 2.49. The zero-order valence-electron chi connectivity index (χ0n) is 7.21. The van der Waals surface area contributed by atoms with E-state index in [4.69, 9.17) is 4.74 Å². The largest absolute Gasteiger partial charge is 0.493 e. The molecule has 0 aromatic heterocycles. The number of ether oxygens (including phenoxy) is 1. The minimum absolute atomic E-state index is 0.826. The van der Waals surface area contributed by atoms with E-state index in [2.05, 4.69) is 24.3 Å². The lowest BCUT2D eigenvalue weighted by Crippen LogP contribution is -1.85. The van der Waals surface area contributed by atoms with E-state index in [-0.39, 0.29) is 0 Å². The van der Waals surface area contributed by atoms with Crippen molar-refractivity contribution < 1.29 is 4.74 Å². The normalized spacial score (nSPS) is 14.2. The monoisotopic (exact) mass is 169 g/mol. The highest BCUT2D eigenvalue weighted by molar-refractivity contribution is 5.88. The predicted molar refractivity (Wildman–Crippen MR) is 52.0 cm³/mol. The Morgan fingerprint density at radius 1 is 1.23 bits per heavy atom. The molecule has 0 atom stereocenters. The quantitative estimate of drug-likeness (QED) is 0.589. The van der Waals surface area contributed by atoms with E-state index in [0.717, 1.165) is 18.8 Å². The summed E-state index contributed by atoms with van der Waals surface area (Å²) in [5.74, 6) is 1.05. The Morgan fingerprint density at radius 3 is 3.23 bits per heavy atom. The fraction of sp³-hybridized carbons (Fsp3) is 0.167. The van der Waals surface area contributed by atoms with Crippen LogP contribution in [0.1, 0.15) is 5.56 Å². The average Bonchev–Trinajstić information content (AvgIpc) is 2.65. The molecule has 0 amide bonds. The van der Waals surface area contributed by atoms with Crippen LogP contribution in [0.3, 0.4) is 0 Å². The summed E-state index contributed by atoms with van der Waals surface area (Å²) in [5, 5.41) is 2.57. The molecule has 1 aliphatic heterocycles. The van der Waals surface area contributed by atoms with E-state index in [1.165, 1.54) is 16.3 Å². The first kappa shape index (κ1) is 6.96. The molecule has 13 heavy (non-hydrogen) atoms. The van der Waals surface area contributed by atoms with Crippen molar-refractivity contribution in [2.45, 2.75) is 6.42 Å². The van der Waals surface area contributed by atoms with Crippen LogP contribution in [0, 0.1) is 6.07 Å². The van der Waals surface area contributed by atoms with Gasteiger partial charge in [0.25, 0.3) is 0 Å². The number of fused-ring (bicyclic) bond motifs is 3. The SMILES string of the molecule is [c]1ccc2c3c(ccc2c1)OCC3. The third kappa shape index (κ3) is 0.934. The molecule has 1 nitrogen and oxygen atoms in total. The third-order valence-corrected chi connectivity index (χ3v) is 2.54. The van der Waals surface area contributed by atoms with Gasteiger partial charge in [-0.1, -0.05) is 18.2 Å². The Morgan fingerprint density at radius 2 is 2.23 bits per heavy atom. The van der Waals surface area contributed by atoms with Crippen molar-refractivity contribution in [3.05, 3.63) is 42.0 Å². The van der Waals surface area contributed by atoms with Crippen LogP contribution in [-0.4, -0.2) is 6.61 Å². The summed E-state index contributed by atoms with van der Waals surface area (Å²) in [6.45, 7) is 0.826. The van der Waals surface area contributed by atoms with Crippen LogP contribution in [0.2, 0.25) is 0 Å². The third-order valence-electron chi connectivity index (χ3n) is 2.54. The molecule has 1 radical (unpaired) electrons. The lowest BCUT2D eigenvalue weighted by Gasteiger charge is -2.02. The van der Waals surface area contributed by atoms with Gasteiger partial charge in [-0.25, -0.2) is 0 Å². The molecule has 3 rings (SSSR count). The molecule has 63 valence electrons. The summed E-state index contributed by atoms with van der Waals surface area (Å²) in [4.78, 5) is 0. The second-order valence-electron chi connectivity index (χ2n) is 3.29. The van der Waals surface area contributed by atoms with Gasteiger partial charge in [0.05, 0.1) is 6.61 Å². The molecule has 0 bridgehead atoms. The molecular weight excluding hydrogens is 160 g/mol. The molecule has 0 unspecified atom stereocenters. The zero-order valence-corrected chi connectivity index (χ0v) is 7.21. The molecule has 1 heterocycles. The molecule has 1 aliphatic rings. The summed E-state index contributed by atoms with van der Waals surface area (Å²) < 4.78 is 5.50. The molecule has 0 saturated heterocycles. The van der Waals surface area contributed by atoms with Crippen molar-refractivity contribution in [1.82, 2.24) is 0 Å². The van der Waals surface area contributed by atoms with Gasteiger partial charge >= 0.3 is 0 Å². The van der Waals surface area contributed by atoms with Gasteiger partial charge < -0.3 is 4.74 Å². The van der Waals surface area contributed by atoms with Crippen LogP contribution >= 0.6 is 0 Å². The lowest BCUT2D eigenvalue weighted by atomic mass is 10.0. The predicted octanol–water partition coefficient (Wildman–Crippen LogP) is 2.57. The van der Waals surface area contributed by atoms with Crippen LogP contribution < -0.4 is 4.74 Å². The van der Waals surface area contributed by atoms with Gasteiger partial charge in [0.15, 0.2) is 0 Å². The molecule has 2 aromatic rings. The van der Waals surface area contributed by atoms with Gasteiger partial charge in [0.2, 0.25) is 0 Å². The van der Waals surface area contributed by atoms with Crippen LogP contribution in [0.15, 0.2) is 30.3 Å². The first-order valence-corrected chi connectivity index (χ1v) is 4.50. The summed E-state index contributed by atoms with van der Waals surface area (Å²) >= 11 is 0. The zero-order chi connectivity index (χ0) is 8.67. The van der Waals surface area contributed by atoms with Crippen LogP contribution in [-0.2, 0) is 6.42 Å². The van der Waals surface area contributed by atoms with Gasteiger partial charge in [-0.2, -0.15) is 0 Å². The van der Waals surface area contributed by atoms with Crippen LogP contribution in [0.5, 0.6) is 5.75 Å². The van der Waals surface area contributed by atoms with Gasteiger partial charge in [0, 0.05) is 12.0 Å². The Kier molecular flexibility index (Phi) is 1.33. The Balaban J connectivity index is 2.43. The summed E-state index contributed by atoms with van der Waals surface area (Å²) in [6.07, 6.45) is 1.04. The van der Waals surface area contributed by atoms with Crippen molar-refractivity contribution in [2.75, 3.05) is 6.61 Å². The van der Waals surface area contributed by atoms with Gasteiger partial charge in [-0.05, 0) is 29.0 Å². The highest BCUT2D eigenvalue weighted by Gasteiger charge is 2.13. The highest BCUT2D eigenvalue weighted by atomic mass is 16.5. The Labute approximate surface area is 77.0 Å². The molecular formula is C12H9O. The van der Waals surface area contributed by atoms with Crippen LogP contribution in [0.25, 0.3) is 10.8 Å². The van der Waals surface area contributed by atoms with Gasteiger partial charge in [0.1, 0.15) is 5.75 Å². The van der Waals surface area contributed by atoms with E-state index in [0.29, 0.717) is 0 Å². The maximum absolute atomic E-state index is 5.50. The van der Waals surface area contributed by atoms with Crippen LogP contribution in [0.4, 0.5) is 0 Å². The Hall–Kier alpha value is -1.50. The minimum atomic E-state index is 0.826. The molecule has 0 aliphatic carbocycles. The smallest absolute Gasteiger partial charge is 0.123 e. The number of benzene rings is 2. The second-order valence-corrected chi connectivity index (χ2v) is 3.29. The first-order chi connectivity index (χ1) is 6.45. The lowest BCUT2D eigenvalue weighted by molar-refractivity contribution is 0.357. The van der Waals surface area contributed by atoms with E-state index in [1.807, 2.05) is 12.1 Å². The minimum Gasteiger partial charge on any atom is -0.493 e. The topological polar surface area (TPSA) is 9.23 Å². The van der Waals surface area contributed by atoms with Crippen molar-refractivity contribution in [2.24, 2.45) is 0 Å². The van der Waals surface area contributed by atoms with Crippen molar-refractivity contribution in [3.8, 4) is 5.75 Å². The highest BCUT2D eigenvalue weighted by Crippen LogP contribution is 2.31. The summed E-state index contributed by atoms with van der Waals surface area (Å²) in [7, 11) is 0. The van der Waals surface area contributed by atoms with Crippen molar-refractivity contribution in [3.63, 3.8) is 0 Å².